The van der Waals surface area contributed by atoms with Crippen molar-refractivity contribution in [2.45, 2.75) is 159 Å². The third kappa shape index (κ3) is 22.9. The molecule has 276 valence electrons. The van der Waals surface area contributed by atoms with Crippen molar-refractivity contribution in [1.82, 2.24) is 0 Å². The van der Waals surface area contributed by atoms with E-state index in [0.717, 1.165) is 82.6 Å². The Hall–Kier alpha value is -3.59. The van der Waals surface area contributed by atoms with E-state index in [-0.39, 0.29) is 5.56 Å². The first kappa shape index (κ1) is 44.4. The van der Waals surface area contributed by atoms with Gasteiger partial charge in [0, 0.05) is 5.69 Å². The number of carbonyl (C=O) groups is 1. The van der Waals surface area contributed by atoms with Gasteiger partial charge in [0.05, 0.1) is 5.56 Å². The van der Waals surface area contributed by atoms with E-state index in [1.165, 1.54) is 57.4 Å². The van der Waals surface area contributed by atoms with E-state index in [1.54, 1.807) is 18.2 Å². The quantitative estimate of drug-likeness (QED) is 0.0843. The number of benzene rings is 1. The van der Waals surface area contributed by atoms with Crippen LogP contribution in [0.5, 0.6) is 0 Å². The predicted octanol–water partition coefficient (Wildman–Crippen LogP) is 14.6. The van der Waals surface area contributed by atoms with Gasteiger partial charge >= 0.3 is 5.97 Å². The number of carboxylic acids is 1. The summed E-state index contributed by atoms with van der Waals surface area (Å²) in [6.07, 6.45) is 35.4. The van der Waals surface area contributed by atoms with Gasteiger partial charge in [0.15, 0.2) is 0 Å². The van der Waals surface area contributed by atoms with Crippen molar-refractivity contribution in [2.75, 3.05) is 5.73 Å². The van der Waals surface area contributed by atoms with E-state index in [2.05, 4.69) is 111 Å². The van der Waals surface area contributed by atoms with Gasteiger partial charge in [-0.2, -0.15) is 0 Å². The smallest absolute Gasteiger partial charge is 0.335 e. The summed E-state index contributed by atoms with van der Waals surface area (Å²) in [7, 11) is 0. The summed E-state index contributed by atoms with van der Waals surface area (Å²) in [5, 5.41) is 9.23. The van der Waals surface area contributed by atoms with Crippen LogP contribution < -0.4 is 5.73 Å². The third-order valence-corrected chi connectivity index (χ3v) is 9.34. The Morgan fingerprint density at radius 3 is 1.10 bits per heavy atom. The van der Waals surface area contributed by atoms with Crippen LogP contribution in [0.15, 0.2) is 111 Å². The summed E-state index contributed by atoms with van der Waals surface area (Å²) in [4.78, 5) is 11.3. The summed E-state index contributed by atoms with van der Waals surface area (Å²) < 4.78 is 0. The Morgan fingerprint density at radius 2 is 0.800 bits per heavy atom. The molecule has 0 saturated heterocycles. The molecule has 3 nitrogen and oxygen atoms in total. The van der Waals surface area contributed by atoms with Crippen LogP contribution >= 0.6 is 0 Å². The highest BCUT2D eigenvalue weighted by molar-refractivity contribution is 5.88. The fourth-order valence-electron chi connectivity index (χ4n) is 5.78. The molecule has 1 aromatic rings. The molecule has 50 heavy (non-hydrogen) atoms. The summed E-state index contributed by atoms with van der Waals surface area (Å²) in [6.45, 7) is 20.1. The van der Waals surface area contributed by atoms with Crippen molar-refractivity contribution < 1.29 is 9.90 Å². The van der Waals surface area contributed by atoms with E-state index < -0.39 is 5.97 Å². The summed E-state index contributed by atoms with van der Waals surface area (Å²) in [5.74, 6) is -0.922. The Bertz CT molecular complexity index is 1430. The molecular weight excluding hydrogens is 611 g/mol. The first-order chi connectivity index (χ1) is 23.8. The van der Waals surface area contributed by atoms with Gasteiger partial charge in [-0.25, -0.2) is 4.79 Å². The standard InChI is InChI=1S/C47H71NO2/c1-36(2)17-10-18-37(3)19-11-20-38(4)21-12-22-39(5)23-13-24-40(6)25-14-26-41(7)27-15-28-42(8)29-16-30-43(9)31-32-44-35-45(47(49)50)33-34-46(44)48/h17,19,21,23,25,27,29,31,33-35H,10-16,18,20,22,24,26,28,30,32,48H2,1-9H3,(H,49,50). The van der Waals surface area contributed by atoms with E-state index in [4.69, 9.17) is 5.73 Å². The Morgan fingerprint density at radius 1 is 0.500 bits per heavy atom. The van der Waals surface area contributed by atoms with Gasteiger partial charge in [-0.3, -0.25) is 0 Å². The molecule has 3 N–H and O–H groups in total. The van der Waals surface area contributed by atoms with Crippen molar-refractivity contribution >= 4 is 11.7 Å². The molecule has 0 radical (unpaired) electrons. The highest BCUT2D eigenvalue weighted by Gasteiger charge is 2.06. The predicted molar refractivity (Wildman–Crippen MR) is 222 cm³/mol. The van der Waals surface area contributed by atoms with Crippen molar-refractivity contribution in [3.8, 4) is 0 Å². The number of hydrogen-bond acceptors (Lipinski definition) is 2. The first-order valence-corrected chi connectivity index (χ1v) is 19.1. The number of carboxylic acid groups (broad SMARTS) is 1. The molecule has 0 aromatic heterocycles. The molecule has 0 aliphatic carbocycles. The second-order valence-corrected chi connectivity index (χ2v) is 14.8. The lowest BCUT2D eigenvalue weighted by Gasteiger charge is -2.06. The minimum Gasteiger partial charge on any atom is -0.478 e. The molecule has 0 aliphatic rings. The molecule has 0 heterocycles. The van der Waals surface area contributed by atoms with Gasteiger partial charge in [0.2, 0.25) is 0 Å². The SMILES string of the molecule is CC(C)=CCCC(C)=CCCC(C)=CCCC(C)=CCCC(C)=CCCC(C)=CCCC(C)=CCCC(C)=CCc1cc(C(=O)O)ccc1N. The number of nitrogens with two attached hydrogens (primary N) is 1. The number of allylic oxidation sites excluding steroid dienone is 16. The van der Waals surface area contributed by atoms with Gasteiger partial charge < -0.3 is 10.8 Å². The highest BCUT2D eigenvalue weighted by atomic mass is 16.4. The molecule has 1 aromatic carbocycles. The molecule has 0 spiro atoms. The van der Waals surface area contributed by atoms with Gasteiger partial charge in [-0.1, -0.05) is 93.2 Å². The maximum atomic E-state index is 11.3. The van der Waals surface area contributed by atoms with Gasteiger partial charge in [-0.15, -0.1) is 0 Å². The lowest BCUT2D eigenvalue weighted by atomic mass is 10.0. The minimum absolute atomic E-state index is 0.282. The van der Waals surface area contributed by atoms with Crippen molar-refractivity contribution in [3.63, 3.8) is 0 Å². The third-order valence-electron chi connectivity index (χ3n) is 9.34. The average Bonchev–Trinajstić information content (AvgIpc) is 3.04. The maximum absolute atomic E-state index is 11.3. The summed E-state index contributed by atoms with van der Waals surface area (Å²) >= 11 is 0. The monoisotopic (exact) mass is 682 g/mol. The highest BCUT2D eigenvalue weighted by Crippen LogP contribution is 2.19. The topological polar surface area (TPSA) is 63.3 Å². The van der Waals surface area contributed by atoms with Crippen LogP contribution in [-0.2, 0) is 6.42 Å². The minimum atomic E-state index is -0.922. The number of rotatable bonds is 24. The molecule has 0 fully saturated rings. The zero-order valence-corrected chi connectivity index (χ0v) is 33.4. The van der Waals surface area contributed by atoms with Crippen molar-refractivity contribution in [1.29, 1.82) is 0 Å². The molecule has 0 unspecified atom stereocenters. The molecular formula is C47H71NO2. The normalized spacial score (nSPS) is 14.0. The van der Waals surface area contributed by atoms with Crippen molar-refractivity contribution in [2.24, 2.45) is 0 Å². The van der Waals surface area contributed by atoms with Crippen LogP contribution in [0.25, 0.3) is 0 Å². The second-order valence-electron chi connectivity index (χ2n) is 14.8. The Labute approximate surface area is 307 Å². The fourth-order valence-corrected chi connectivity index (χ4v) is 5.78. The largest absolute Gasteiger partial charge is 0.478 e. The van der Waals surface area contributed by atoms with E-state index in [0.29, 0.717) is 12.1 Å². The van der Waals surface area contributed by atoms with Gasteiger partial charge in [0.25, 0.3) is 0 Å². The lowest BCUT2D eigenvalue weighted by molar-refractivity contribution is 0.0696. The van der Waals surface area contributed by atoms with Gasteiger partial charge in [-0.05, 0) is 182 Å². The van der Waals surface area contributed by atoms with Crippen LogP contribution in [0.3, 0.4) is 0 Å². The molecule has 0 atom stereocenters. The second kappa shape index (κ2) is 26.3. The van der Waals surface area contributed by atoms with Crippen LogP contribution in [-0.4, -0.2) is 11.1 Å². The lowest BCUT2D eigenvalue weighted by Crippen LogP contribution is -2.00. The molecule has 0 bridgehead atoms. The Balaban J connectivity index is 2.28. The molecule has 0 saturated carbocycles. The number of hydrogen-bond donors (Lipinski definition) is 2. The molecule has 0 aliphatic heterocycles. The first-order valence-electron chi connectivity index (χ1n) is 19.1. The van der Waals surface area contributed by atoms with E-state index >= 15 is 0 Å². The van der Waals surface area contributed by atoms with Gasteiger partial charge in [0.1, 0.15) is 0 Å². The van der Waals surface area contributed by atoms with Crippen molar-refractivity contribution in [3.05, 3.63) is 123 Å². The molecule has 1 rings (SSSR count). The average molecular weight is 682 g/mol. The maximum Gasteiger partial charge on any atom is 0.335 e. The summed E-state index contributed by atoms with van der Waals surface area (Å²) in [5.41, 5.74) is 19.5. The summed E-state index contributed by atoms with van der Waals surface area (Å²) in [6, 6.07) is 4.91. The zero-order chi connectivity index (χ0) is 37.3. The molecule has 3 heteroatoms. The Kier molecular flexibility index (Phi) is 23.3. The van der Waals surface area contributed by atoms with Crippen LogP contribution in [0, 0.1) is 0 Å². The number of nitrogen functional groups attached to an aromatic ring is 1. The van der Waals surface area contributed by atoms with E-state index in [9.17, 15) is 9.90 Å². The zero-order valence-electron chi connectivity index (χ0n) is 33.4. The van der Waals surface area contributed by atoms with Crippen LogP contribution in [0.4, 0.5) is 5.69 Å². The number of anilines is 1. The fraction of sp³-hybridized carbons (Fsp3) is 0.511. The van der Waals surface area contributed by atoms with Crippen LogP contribution in [0.2, 0.25) is 0 Å². The molecule has 0 amide bonds. The van der Waals surface area contributed by atoms with Crippen LogP contribution in [0.1, 0.15) is 168 Å². The van der Waals surface area contributed by atoms with E-state index in [1.807, 2.05) is 0 Å². The number of aromatic carboxylic acids is 1.